The molecule has 2 unspecified atom stereocenters. The molecule has 0 spiro atoms. The van der Waals surface area contributed by atoms with Crippen LogP contribution in [-0.4, -0.2) is 36.0 Å². The Labute approximate surface area is 181 Å². The number of carbonyl (C=O) groups is 1. The number of benzene rings is 2. The smallest absolute Gasteiger partial charge is 0.257 e. The molecule has 1 amide bonds. The van der Waals surface area contributed by atoms with E-state index in [1.165, 1.54) is 6.42 Å². The van der Waals surface area contributed by atoms with Crippen molar-refractivity contribution < 1.29 is 9.21 Å². The van der Waals surface area contributed by atoms with Gasteiger partial charge in [0.2, 0.25) is 0 Å². The lowest BCUT2D eigenvalue weighted by Crippen LogP contribution is -2.39. The first kappa shape index (κ1) is 20.6. The van der Waals surface area contributed by atoms with Crippen LogP contribution in [0.2, 0.25) is 0 Å². The SMILES string of the molecule is Cc1c(-c2ccccc2)oc2c(C(=O)N3CCC4CCC(C3)N4)cccc2c1=O.Cl. The van der Waals surface area contributed by atoms with Crippen molar-refractivity contribution in [3.63, 3.8) is 0 Å². The predicted molar refractivity (Wildman–Crippen MR) is 120 cm³/mol. The Morgan fingerprint density at radius 3 is 2.60 bits per heavy atom. The highest BCUT2D eigenvalue weighted by Gasteiger charge is 2.32. The van der Waals surface area contributed by atoms with E-state index in [1.54, 1.807) is 25.1 Å². The van der Waals surface area contributed by atoms with Gasteiger partial charge >= 0.3 is 0 Å². The molecule has 0 radical (unpaired) electrons. The van der Waals surface area contributed by atoms with E-state index >= 15 is 0 Å². The van der Waals surface area contributed by atoms with Crippen LogP contribution >= 0.6 is 12.4 Å². The molecule has 2 saturated heterocycles. The maximum Gasteiger partial charge on any atom is 0.257 e. The average Bonchev–Trinajstić information content (AvgIpc) is 3.09. The van der Waals surface area contributed by atoms with Gasteiger partial charge in [-0.2, -0.15) is 0 Å². The zero-order valence-electron chi connectivity index (χ0n) is 16.9. The number of nitrogens with zero attached hydrogens (tertiary/aromatic N) is 1. The minimum absolute atomic E-state index is 0. The molecule has 2 bridgehead atoms. The maximum absolute atomic E-state index is 13.4. The molecule has 156 valence electrons. The van der Waals surface area contributed by atoms with Gasteiger partial charge in [-0.1, -0.05) is 36.4 Å². The van der Waals surface area contributed by atoms with Crippen molar-refractivity contribution in [1.29, 1.82) is 0 Å². The van der Waals surface area contributed by atoms with Crippen molar-refractivity contribution in [3.05, 3.63) is 69.9 Å². The van der Waals surface area contributed by atoms with Gasteiger partial charge < -0.3 is 14.6 Å². The van der Waals surface area contributed by atoms with Gasteiger partial charge in [0.25, 0.3) is 5.91 Å². The van der Waals surface area contributed by atoms with Crippen LogP contribution in [-0.2, 0) is 0 Å². The first-order chi connectivity index (χ1) is 14.1. The molecule has 0 saturated carbocycles. The number of likely N-dealkylation sites (tertiary alicyclic amines) is 1. The Hall–Kier alpha value is -2.63. The number of fused-ring (bicyclic) bond motifs is 3. The van der Waals surface area contributed by atoms with Gasteiger partial charge in [0.1, 0.15) is 5.76 Å². The Morgan fingerprint density at radius 2 is 1.80 bits per heavy atom. The number of nitrogens with one attached hydrogen (secondary N) is 1. The largest absolute Gasteiger partial charge is 0.455 e. The first-order valence-corrected chi connectivity index (χ1v) is 10.3. The average molecular weight is 425 g/mol. The van der Waals surface area contributed by atoms with E-state index in [9.17, 15) is 9.59 Å². The minimum Gasteiger partial charge on any atom is -0.455 e. The molecule has 30 heavy (non-hydrogen) atoms. The Kier molecular flexibility index (Phi) is 5.67. The molecular weight excluding hydrogens is 400 g/mol. The van der Waals surface area contributed by atoms with Crippen molar-refractivity contribution in [2.45, 2.75) is 38.3 Å². The van der Waals surface area contributed by atoms with Crippen LogP contribution in [0.3, 0.4) is 0 Å². The summed E-state index contributed by atoms with van der Waals surface area (Å²) in [6.07, 6.45) is 3.26. The summed E-state index contributed by atoms with van der Waals surface area (Å²) in [4.78, 5) is 28.4. The molecule has 3 heterocycles. The summed E-state index contributed by atoms with van der Waals surface area (Å²) in [7, 11) is 0. The zero-order chi connectivity index (χ0) is 20.0. The third-order valence-corrected chi connectivity index (χ3v) is 6.22. The number of rotatable bonds is 2. The molecule has 6 heteroatoms. The van der Waals surface area contributed by atoms with E-state index < -0.39 is 0 Å². The number of halogens is 1. The zero-order valence-corrected chi connectivity index (χ0v) is 17.7. The highest BCUT2D eigenvalue weighted by atomic mass is 35.5. The minimum atomic E-state index is -0.0867. The molecule has 3 aromatic rings. The molecule has 5 nitrogen and oxygen atoms in total. The van der Waals surface area contributed by atoms with Crippen molar-refractivity contribution in [2.24, 2.45) is 0 Å². The van der Waals surface area contributed by atoms with Crippen LogP contribution in [0.1, 0.15) is 35.2 Å². The first-order valence-electron chi connectivity index (χ1n) is 10.3. The predicted octanol–water partition coefficient (Wildman–Crippen LogP) is 4.16. The third kappa shape index (κ3) is 3.53. The lowest BCUT2D eigenvalue weighted by molar-refractivity contribution is 0.0749. The van der Waals surface area contributed by atoms with E-state index in [2.05, 4.69) is 5.32 Å². The van der Waals surface area contributed by atoms with Gasteiger partial charge in [0.15, 0.2) is 11.0 Å². The number of amides is 1. The Balaban J connectivity index is 0.00000218. The van der Waals surface area contributed by atoms with Crippen LogP contribution in [0.4, 0.5) is 0 Å². The normalized spacial score (nSPS) is 20.6. The van der Waals surface area contributed by atoms with Crippen molar-refractivity contribution >= 4 is 29.3 Å². The highest BCUT2D eigenvalue weighted by Crippen LogP contribution is 2.29. The van der Waals surface area contributed by atoms with Crippen molar-refractivity contribution in [2.75, 3.05) is 13.1 Å². The lowest BCUT2D eigenvalue weighted by Gasteiger charge is -2.24. The van der Waals surface area contributed by atoms with Gasteiger partial charge in [0.05, 0.1) is 10.9 Å². The molecule has 2 aromatic carbocycles. The summed E-state index contributed by atoms with van der Waals surface area (Å²) in [6, 6.07) is 15.7. The fraction of sp³-hybridized carbons (Fsp3) is 0.333. The summed E-state index contributed by atoms with van der Waals surface area (Å²) >= 11 is 0. The third-order valence-electron chi connectivity index (χ3n) is 6.22. The van der Waals surface area contributed by atoms with Crippen LogP contribution < -0.4 is 10.7 Å². The van der Waals surface area contributed by atoms with Gasteiger partial charge in [0, 0.05) is 36.3 Å². The topological polar surface area (TPSA) is 62.6 Å². The van der Waals surface area contributed by atoms with Crippen LogP contribution in [0.5, 0.6) is 0 Å². The van der Waals surface area contributed by atoms with Gasteiger partial charge in [-0.05, 0) is 38.3 Å². The second kappa shape index (κ2) is 8.25. The lowest BCUT2D eigenvalue weighted by atomic mass is 10.0. The number of carbonyl (C=O) groups excluding carboxylic acids is 1. The van der Waals surface area contributed by atoms with Crippen molar-refractivity contribution in [3.8, 4) is 11.3 Å². The summed E-state index contributed by atoms with van der Waals surface area (Å²) in [5, 5.41) is 4.07. The molecular formula is C24H25ClN2O3. The second-order valence-corrected chi connectivity index (χ2v) is 8.11. The van der Waals surface area contributed by atoms with Gasteiger partial charge in [-0.15, -0.1) is 12.4 Å². The molecule has 1 aromatic heterocycles. The number of hydrogen-bond donors (Lipinski definition) is 1. The quantitative estimate of drug-likeness (QED) is 0.671. The van der Waals surface area contributed by atoms with Crippen LogP contribution in [0.15, 0.2) is 57.7 Å². The molecule has 0 aliphatic carbocycles. The number of hydrogen-bond acceptors (Lipinski definition) is 4. The Bertz CT molecular complexity index is 1140. The standard InChI is InChI=1S/C24H24N2O3.ClH/c1-15-21(27)19-8-5-9-20(23(19)29-22(15)16-6-3-2-4-7-16)24(28)26-13-12-17-10-11-18(14-26)25-17;/h2-9,17-18,25H,10-14H2,1H3;1H. The maximum atomic E-state index is 13.4. The summed E-state index contributed by atoms with van der Waals surface area (Å²) in [5.74, 6) is 0.468. The van der Waals surface area contributed by atoms with E-state index in [0.29, 0.717) is 46.5 Å². The highest BCUT2D eigenvalue weighted by molar-refractivity contribution is 6.05. The molecule has 2 aliphatic heterocycles. The van der Waals surface area contributed by atoms with Crippen LogP contribution in [0, 0.1) is 6.92 Å². The molecule has 5 rings (SSSR count). The van der Waals surface area contributed by atoms with E-state index in [0.717, 1.165) is 24.9 Å². The molecule has 2 aliphatic rings. The van der Waals surface area contributed by atoms with Crippen molar-refractivity contribution in [1.82, 2.24) is 10.2 Å². The van der Waals surface area contributed by atoms with Gasteiger partial charge in [-0.3, -0.25) is 9.59 Å². The fourth-order valence-corrected chi connectivity index (χ4v) is 4.64. The second-order valence-electron chi connectivity index (χ2n) is 8.11. The molecule has 1 N–H and O–H groups in total. The Morgan fingerprint density at radius 1 is 1.03 bits per heavy atom. The van der Waals surface area contributed by atoms with E-state index in [-0.39, 0.29) is 23.7 Å². The molecule has 2 atom stereocenters. The van der Waals surface area contributed by atoms with E-state index in [4.69, 9.17) is 4.42 Å². The fourth-order valence-electron chi connectivity index (χ4n) is 4.64. The summed E-state index contributed by atoms with van der Waals surface area (Å²) < 4.78 is 6.23. The monoisotopic (exact) mass is 424 g/mol. The summed E-state index contributed by atoms with van der Waals surface area (Å²) in [5.41, 5.74) is 2.16. The van der Waals surface area contributed by atoms with Crippen LogP contribution in [0.25, 0.3) is 22.3 Å². The van der Waals surface area contributed by atoms with Gasteiger partial charge in [-0.25, -0.2) is 0 Å². The number of para-hydroxylation sites is 1. The van der Waals surface area contributed by atoms with E-state index in [1.807, 2.05) is 35.2 Å². The molecule has 2 fully saturated rings. The summed E-state index contributed by atoms with van der Waals surface area (Å²) in [6.45, 7) is 3.21.